The summed E-state index contributed by atoms with van der Waals surface area (Å²) in [5.41, 5.74) is 6.96. The van der Waals surface area contributed by atoms with Crippen LogP contribution in [0, 0.1) is 0 Å². The fourth-order valence-corrected chi connectivity index (χ4v) is 2.64. The standard InChI is InChI=1S/C14H24N4/c1-3-13-11-18(10-9-17(13)2)14-12(6-7-15)5-4-8-16-14/h4-5,8,13H,3,6-7,9-11,15H2,1-2H3. The molecule has 18 heavy (non-hydrogen) atoms. The highest BCUT2D eigenvalue weighted by molar-refractivity contribution is 5.47. The van der Waals surface area contributed by atoms with E-state index in [-0.39, 0.29) is 0 Å². The molecule has 0 aliphatic carbocycles. The van der Waals surface area contributed by atoms with Gasteiger partial charge in [-0.05, 0) is 38.1 Å². The Bertz CT molecular complexity index is 380. The average Bonchev–Trinajstić information content (AvgIpc) is 2.40. The van der Waals surface area contributed by atoms with Crippen LogP contribution >= 0.6 is 0 Å². The lowest BCUT2D eigenvalue weighted by Gasteiger charge is -2.40. The van der Waals surface area contributed by atoms with Gasteiger partial charge in [-0.25, -0.2) is 4.98 Å². The van der Waals surface area contributed by atoms with Gasteiger partial charge in [0.25, 0.3) is 0 Å². The SMILES string of the molecule is CCC1CN(c2ncccc2CCN)CCN1C. The average molecular weight is 248 g/mol. The van der Waals surface area contributed by atoms with Crippen molar-refractivity contribution in [1.29, 1.82) is 0 Å². The van der Waals surface area contributed by atoms with Gasteiger partial charge in [0.1, 0.15) is 5.82 Å². The first kappa shape index (κ1) is 13.3. The summed E-state index contributed by atoms with van der Waals surface area (Å²) >= 11 is 0. The van der Waals surface area contributed by atoms with Crippen LogP contribution in [0.3, 0.4) is 0 Å². The normalized spacial score (nSPS) is 21.3. The van der Waals surface area contributed by atoms with Crippen molar-refractivity contribution in [2.45, 2.75) is 25.8 Å². The first-order valence-electron chi connectivity index (χ1n) is 6.85. The lowest BCUT2D eigenvalue weighted by molar-refractivity contribution is 0.212. The largest absolute Gasteiger partial charge is 0.354 e. The van der Waals surface area contributed by atoms with Crippen LogP contribution in [0.15, 0.2) is 18.3 Å². The quantitative estimate of drug-likeness (QED) is 0.867. The Labute approximate surface area is 110 Å². The fraction of sp³-hybridized carbons (Fsp3) is 0.643. The Morgan fingerprint density at radius 2 is 2.28 bits per heavy atom. The van der Waals surface area contributed by atoms with Crippen LogP contribution < -0.4 is 10.6 Å². The molecular weight excluding hydrogens is 224 g/mol. The van der Waals surface area contributed by atoms with E-state index in [1.807, 2.05) is 12.3 Å². The van der Waals surface area contributed by atoms with E-state index in [1.165, 1.54) is 12.0 Å². The van der Waals surface area contributed by atoms with Gasteiger partial charge in [-0.2, -0.15) is 0 Å². The first-order chi connectivity index (χ1) is 8.76. The highest BCUT2D eigenvalue weighted by atomic mass is 15.3. The van der Waals surface area contributed by atoms with Gasteiger partial charge >= 0.3 is 0 Å². The van der Waals surface area contributed by atoms with Gasteiger partial charge < -0.3 is 10.6 Å². The predicted octanol–water partition coefficient (Wildman–Crippen LogP) is 1.11. The fourth-order valence-electron chi connectivity index (χ4n) is 2.64. The molecule has 1 aliphatic rings. The molecule has 0 bridgehead atoms. The van der Waals surface area contributed by atoms with Crippen molar-refractivity contribution in [3.63, 3.8) is 0 Å². The Balaban J connectivity index is 2.16. The highest BCUT2D eigenvalue weighted by Crippen LogP contribution is 2.21. The Kier molecular flexibility index (Phi) is 4.55. The van der Waals surface area contributed by atoms with Crippen LogP contribution in [0.2, 0.25) is 0 Å². The number of pyridine rings is 1. The van der Waals surface area contributed by atoms with Crippen molar-refractivity contribution in [1.82, 2.24) is 9.88 Å². The molecule has 2 heterocycles. The van der Waals surface area contributed by atoms with Crippen LogP contribution in [-0.2, 0) is 6.42 Å². The van der Waals surface area contributed by atoms with Gasteiger partial charge in [0.05, 0.1) is 0 Å². The second-order valence-corrected chi connectivity index (χ2v) is 5.01. The molecule has 0 radical (unpaired) electrons. The van der Waals surface area contributed by atoms with Gasteiger partial charge in [-0.15, -0.1) is 0 Å². The van der Waals surface area contributed by atoms with E-state index in [2.05, 4.69) is 34.8 Å². The van der Waals surface area contributed by atoms with Gasteiger partial charge in [0.15, 0.2) is 0 Å². The van der Waals surface area contributed by atoms with E-state index in [4.69, 9.17) is 5.73 Å². The summed E-state index contributed by atoms with van der Waals surface area (Å²) < 4.78 is 0. The maximum atomic E-state index is 5.68. The number of piperazine rings is 1. The van der Waals surface area contributed by atoms with Crippen LogP contribution in [0.25, 0.3) is 0 Å². The minimum absolute atomic E-state index is 0.631. The van der Waals surface area contributed by atoms with E-state index in [0.717, 1.165) is 31.9 Å². The molecule has 4 heteroatoms. The van der Waals surface area contributed by atoms with Gasteiger partial charge in [-0.3, -0.25) is 4.90 Å². The zero-order valence-corrected chi connectivity index (χ0v) is 11.5. The summed E-state index contributed by atoms with van der Waals surface area (Å²) in [5, 5.41) is 0. The molecule has 100 valence electrons. The second kappa shape index (κ2) is 6.16. The molecule has 1 aromatic heterocycles. The third-order valence-electron chi connectivity index (χ3n) is 3.83. The van der Waals surface area contributed by atoms with Crippen LogP contribution in [-0.4, -0.2) is 49.2 Å². The molecule has 0 amide bonds. The van der Waals surface area contributed by atoms with E-state index < -0.39 is 0 Å². The first-order valence-corrected chi connectivity index (χ1v) is 6.85. The third-order valence-corrected chi connectivity index (χ3v) is 3.83. The molecule has 2 rings (SSSR count). The number of rotatable bonds is 4. The summed E-state index contributed by atoms with van der Waals surface area (Å²) in [6, 6.07) is 4.78. The number of hydrogen-bond donors (Lipinski definition) is 1. The number of anilines is 1. The molecule has 1 atom stereocenters. The van der Waals surface area contributed by atoms with Gasteiger partial charge in [-0.1, -0.05) is 13.0 Å². The Hall–Kier alpha value is -1.13. The van der Waals surface area contributed by atoms with Gasteiger partial charge in [0.2, 0.25) is 0 Å². The van der Waals surface area contributed by atoms with Crippen molar-refractivity contribution in [2.75, 3.05) is 38.1 Å². The number of nitrogens with two attached hydrogens (primary N) is 1. The number of hydrogen-bond acceptors (Lipinski definition) is 4. The molecule has 1 aliphatic heterocycles. The molecule has 2 N–H and O–H groups in total. The molecule has 0 aromatic carbocycles. The van der Waals surface area contributed by atoms with Crippen LogP contribution in [0.4, 0.5) is 5.82 Å². The maximum Gasteiger partial charge on any atom is 0.131 e. The Morgan fingerprint density at radius 3 is 3.00 bits per heavy atom. The minimum Gasteiger partial charge on any atom is -0.354 e. The summed E-state index contributed by atoms with van der Waals surface area (Å²) in [5.74, 6) is 1.13. The van der Waals surface area contributed by atoms with E-state index in [9.17, 15) is 0 Å². The molecular formula is C14H24N4. The monoisotopic (exact) mass is 248 g/mol. The van der Waals surface area contributed by atoms with Crippen molar-refractivity contribution in [3.05, 3.63) is 23.9 Å². The van der Waals surface area contributed by atoms with E-state index in [1.54, 1.807) is 0 Å². The summed E-state index contributed by atoms with van der Waals surface area (Å²) in [7, 11) is 2.21. The zero-order chi connectivity index (χ0) is 13.0. The van der Waals surface area contributed by atoms with Crippen LogP contribution in [0.5, 0.6) is 0 Å². The summed E-state index contributed by atoms with van der Waals surface area (Å²) in [6.07, 6.45) is 3.98. The lowest BCUT2D eigenvalue weighted by Crippen LogP contribution is -2.51. The van der Waals surface area contributed by atoms with E-state index >= 15 is 0 Å². The zero-order valence-electron chi connectivity index (χ0n) is 11.5. The van der Waals surface area contributed by atoms with Crippen molar-refractivity contribution >= 4 is 5.82 Å². The smallest absolute Gasteiger partial charge is 0.131 e. The highest BCUT2D eigenvalue weighted by Gasteiger charge is 2.24. The van der Waals surface area contributed by atoms with Crippen molar-refractivity contribution in [2.24, 2.45) is 5.73 Å². The minimum atomic E-state index is 0.631. The summed E-state index contributed by atoms with van der Waals surface area (Å²) in [6.45, 7) is 6.17. The molecule has 1 fully saturated rings. The number of likely N-dealkylation sites (N-methyl/N-ethyl adjacent to an activating group) is 1. The van der Waals surface area contributed by atoms with Gasteiger partial charge in [0, 0.05) is 31.9 Å². The Morgan fingerprint density at radius 1 is 1.44 bits per heavy atom. The number of aromatic nitrogens is 1. The predicted molar refractivity (Wildman–Crippen MR) is 75.9 cm³/mol. The maximum absolute atomic E-state index is 5.68. The molecule has 0 saturated carbocycles. The third kappa shape index (κ3) is 2.82. The lowest BCUT2D eigenvalue weighted by atomic mass is 10.1. The molecule has 1 aromatic rings. The van der Waals surface area contributed by atoms with Crippen molar-refractivity contribution in [3.8, 4) is 0 Å². The molecule has 4 nitrogen and oxygen atoms in total. The molecule has 1 saturated heterocycles. The van der Waals surface area contributed by atoms with Crippen molar-refractivity contribution < 1.29 is 0 Å². The second-order valence-electron chi connectivity index (χ2n) is 5.01. The molecule has 1 unspecified atom stereocenters. The molecule has 0 spiro atoms. The number of nitrogens with zero attached hydrogens (tertiary/aromatic N) is 3. The van der Waals surface area contributed by atoms with Crippen LogP contribution in [0.1, 0.15) is 18.9 Å². The summed E-state index contributed by atoms with van der Waals surface area (Å²) in [4.78, 5) is 9.43. The van der Waals surface area contributed by atoms with E-state index in [0.29, 0.717) is 12.6 Å². The topological polar surface area (TPSA) is 45.4 Å².